The van der Waals surface area contributed by atoms with Crippen molar-refractivity contribution in [3.8, 4) is 0 Å². The molecule has 0 heterocycles. The van der Waals surface area contributed by atoms with Gasteiger partial charge in [0.15, 0.2) is 0 Å². The van der Waals surface area contributed by atoms with Crippen LogP contribution in [0.2, 0.25) is 0 Å². The van der Waals surface area contributed by atoms with Crippen molar-refractivity contribution in [3.63, 3.8) is 0 Å². The Kier molecular flexibility index (Phi) is 3.10. The smallest absolute Gasteiger partial charge is 0.133 e. The monoisotopic (exact) mass is 154 g/mol. The average Bonchev–Trinajstić information content (AvgIpc) is 2.31. The first-order valence-electron chi connectivity index (χ1n) is 4.70. The molecule has 1 nitrogen and oxygen atoms in total. The summed E-state index contributed by atoms with van der Waals surface area (Å²) in [6, 6.07) is 0. The second-order valence-corrected chi connectivity index (χ2v) is 4.12. The van der Waals surface area contributed by atoms with Gasteiger partial charge in [-0.15, -0.1) is 0 Å². The topological polar surface area (TPSA) is 17.1 Å². The van der Waals surface area contributed by atoms with Gasteiger partial charge in [0.25, 0.3) is 0 Å². The summed E-state index contributed by atoms with van der Waals surface area (Å²) in [5, 5.41) is 0. The number of hydrogen-bond acceptors (Lipinski definition) is 1. The molecule has 1 aliphatic rings. The van der Waals surface area contributed by atoms with E-state index in [0.717, 1.165) is 31.1 Å². The van der Waals surface area contributed by atoms with Crippen molar-refractivity contribution in [3.05, 3.63) is 0 Å². The Balaban J connectivity index is 2.13. The lowest BCUT2D eigenvalue weighted by atomic mass is 9.97. The predicted molar refractivity (Wildman–Crippen MR) is 46.4 cm³/mol. The molecule has 0 bridgehead atoms. The number of carbonyl (C=O) groups excluding carboxylic acids is 1. The van der Waals surface area contributed by atoms with Crippen molar-refractivity contribution in [2.45, 2.75) is 46.0 Å². The van der Waals surface area contributed by atoms with Crippen LogP contribution in [0.3, 0.4) is 0 Å². The molecule has 1 rings (SSSR count). The first-order valence-corrected chi connectivity index (χ1v) is 4.70. The van der Waals surface area contributed by atoms with Gasteiger partial charge in [-0.2, -0.15) is 0 Å². The van der Waals surface area contributed by atoms with Gasteiger partial charge in [0, 0.05) is 12.8 Å². The maximum absolute atomic E-state index is 10.9. The molecule has 1 heteroatoms. The Morgan fingerprint density at radius 1 is 1.55 bits per heavy atom. The van der Waals surface area contributed by atoms with E-state index in [9.17, 15) is 4.79 Å². The number of hydrogen-bond donors (Lipinski definition) is 0. The Labute approximate surface area is 69.2 Å². The third-order valence-corrected chi connectivity index (χ3v) is 2.50. The minimum atomic E-state index is 0.485. The molecule has 1 aliphatic carbocycles. The lowest BCUT2D eigenvalue weighted by molar-refractivity contribution is -0.117. The third-order valence-electron chi connectivity index (χ3n) is 2.50. The summed E-state index contributed by atoms with van der Waals surface area (Å²) in [6.07, 6.45) is 5.43. The van der Waals surface area contributed by atoms with Gasteiger partial charge in [-0.3, -0.25) is 4.79 Å². The molecular weight excluding hydrogens is 136 g/mol. The number of rotatable bonds is 3. The van der Waals surface area contributed by atoms with Gasteiger partial charge >= 0.3 is 0 Å². The van der Waals surface area contributed by atoms with Gasteiger partial charge in [0.1, 0.15) is 5.78 Å². The second-order valence-electron chi connectivity index (χ2n) is 4.12. The molecule has 0 aromatic heterocycles. The summed E-state index contributed by atoms with van der Waals surface area (Å²) in [6.45, 7) is 4.49. The summed E-state index contributed by atoms with van der Waals surface area (Å²) in [7, 11) is 0. The minimum absolute atomic E-state index is 0.485. The SMILES string of the molecule is CC(C)CC[C@H]1CCC(=O)C1. The van der Waals surface area contributed by atoms with E-state index in [-0.39, 0.29) is 0 Å². The molecule has 1 saturated carbocycles. The second kappa shape index (κ2) is 3.89. The molecule has 1 atom stereocenters. The van der Waals surface area contributed by atoms with Crippen molar-refractivity contribution in [2.24, 2.45) is 11.8 Å². The number of ketones is 1. The first-order chi connectivity index (χ1) is 5.18. The fourth-order valence-corrected chi connectivity index (χ4v) is 1.71. The molecule has 1 fully saturated rings. The van der Waals surface area contributed by atoms with E-state index in [2.05, 4.69) is 13.8 Å². The van der Waals surface area contributed by atoms with Crippen LogP contribution in [0, 0.1) is 11.8 Å². The number of Topliss-reactive ketones (excluding diaryl/α,β-unsaturated/α-hetero) is 1. The Morgan fingerprint density at radius 2 is 2.27 bits per heavy atom. The van der Waals surface area contributed by atoms with E-state index in [1.807, 2.05) is 0 Å². The number of carbonyl (C=O) groups is 1. The molecule has 64 valence electrons. The maximum atomic E-state index is 10.9. The molecule has 11 heavy (non-hydrogen) atoms. The van der Waals surface area contributed by atoms with Crippen molar-refractivity contribution >= 4 is 5.78 Å². The van der Waals surface area contributed by atoms with Gasteiger partial charge in [-0.05, 0) is 24.7 Å². The fraction of sp³-hybridized carbons (Fsp3) is 0.900. The molecule has 0 saturated heterocycles. The highest BCUT2D eigenvalue weighted by Crippen LogP contribution is 2.27. The van der Waals surface area contributed by atoms with Crippen LogP contribution in [0.1, 0.15) is 46.0 Å². The lowest BCUT2D eigenvalue weighted by Crippen LogP contribution is -1.98. The van der Waals surface area contributed by atoms with Crippen molar-refractivity contribution in [2.75, 3.05) is 0 Å². The largest absolute Gasteiger partial charge is 0.300 e. The third kappa shape index (κ3) is 3.04. The van der Waals surface area contributed by atoms with Gasteiger partial charge in [0.05, 0.1) is 0 Å². The van der Waals surface area contributed by atoms with Crippen molar-refractivity contribution in [1.29, 1.82) is 0 Å². The van der Waals surface area contributed by atoms with E-state index in [1.54, 1.807) is 0 Å². The van der Waals surface area contributed by atoms with E-state index in [1.165, 1.54) is 12.8 Å². The molecule has 0 radical (unpaired) electrons. The quantitative estimate of drug-likeness (QED) is 0.611. The van der Waals surface area contributed by atoms with Crippen LogP contribution in [-0.2, 0) is 4.79 Å². The predicted octanol–water partition coefficient (Wildman–Crippen LogP) is 2.79. The Hall–Kier alpha value is -0.330. The van der Waals surface area contributed by atoms with E-state index >= 15 is 0 Å². The van der Waals surface area contributed by atoms with Crippen LogP contribution in [0.4, 0.5) is 0 Å². The fourth-order valence-electron chi connectivity index (χ4n) is 1.71. The molecule has 0 amide bonds. The van der Waals surface area contributed by atoms with Gasteiger partial charge in [0.2, 0.25) is 0 Å². The average molecular weight is 154 g/mol. The van der Waals surface area contributed by atoms with E-state index in [0.29, 0.717) is 5.78 Å². The van der Waals surface area contributed by atoms with Crippen LogP contribution >= 0.6 is 0 Å². The van der Waals surface area contributed by atoms with Gasteiger partial charge in [-0.25, -0.2) is 0 Å². The van der Waals surface area contributed by atoms with Crippen molar-refractivity contribution < 1.29 is 4.79 Å². The summed E-state index contributed by atoms with van der Waals surface area (Å²) in [4.78, 5) is 10.9. The van der Waals surface area contributed by atoms with Gasteiger partial charge < -0.3 is 0 Å². The minimum Gasteiger partial charge on any atom is -0.300 e. The highest BCUT2D eigenvalue weighted by Gasteiger charge is 2.21. The van der Waals surface area contributed by atoms with Crippen LogP contribution in [0.15, 0.2) is 0 Å². The van der Waals surface area contributed by atoms with E-state index < -0.39 is 0 Å². The summed E-state index contributed by atoms with van der Waals surface area (Å²) in [5.74, 6) is 2.01. The molecule has 0 aliphatic heterocycles. The highest BCUT2D eigenvalue weighted by atomic mass is 16.1. The van der Waals surface area contributed by atoms with Crippen LogP contribution in [-0.4, -0.2) is 5.78 Å². The molecular formula is C10H18O. The van der Waals surface area contributed by atoms with Crippen LogP contribution in [0.5, 0.6) is 0 Å². The highest BCUT2D eigenvalue weighted by molar-refractivity contribution is 5.80. The van der Waals surface area contributed by atoms with E-state index in [4.69, 9.17) is 0 Å². The Morgan fingerprint density at radius 3 is 2.73 bits per heavy atom. The molecule has 0 spiro atoms. The van der Waals surface area contributed by atoms with Gasteiger partial charge in [-0.1, -0.05) is 20.3 Å². The normalized spacial score (nSPS) is 25.0. The maximum Gasteiger partial charge on any atom is 0.133 e. The molecule has 0 aromatic rings. The zero-order valence-electron chi connectivity index (χ0n) is 7.60. The summed E-state index contributed by atoms with van der Waals surface area (Å²) in [5.41, 5.74) is 0. The Bertz CT molecular complexity index is 138. The molecule has 0 N–H and O–H groups in total. The molecule has 0 unspecified atom stereocenters. The summed E-state index contributed by atoms with van der Waals surface area (Å²) >= 11 is 0. The zero-order valence-corrected chi connectivity index (χ0v) is 7.60. The first kappa shape index (κ1) is 8.76. The molecule has 0 aromatic carbocycles. The zero-order chi connectivity index (χ0) is 8.27. The van der Waals surface area contributed by atoms with Crippen molar-refractivity contribution in [1.82, 2.24) is 0 Å². The van der Waals surface area contributed by atoms with Crippen LogP contribution in [0.25, 0.3) is 0 Å². The summed E-state index contributed by atoms with van der Waals surface area (Å²) < 4.78 is 0. The standard InChI is InChI=1S/C10H18O/c1-8(2)3-4-9-5-6-10(11)7-9/h8-9H,3-7H2,1-2H3/t9-/m0/s1. The van der Waals surface area contributed by atoms with Crippen LogP contribution < -0.4 is 0 Å². The lowest BCUT2D eigenvalue weighted by Gasteiger charge is -2.08.